The Kier molecular flexibility index (Phi) is 6.42. The standard InChI is InChI=1S/C17H27N3O4S/c1-5-19-8-10-20(11-9-19)17(21)14-6-7-15(24-4)16(12-14)25(22,23)18-13(2)3/h6-7,12-13,18H,5,8-11H2,1-4H3. The summed E-state index contributed by atoms with van der Waals surface area (Å²) >= 11 is 0. The van der Waals surface area contributed by atoms with Crippen LogP contribution in [0.4, 0.5) is 0 Å². The number of hydrogen-bond acceptors (Lipinski definition) is 5. The second-order valence-electron chi connectivity index (χ2n) is 6.37. The van der Waals surface area contributed by atoms with E-state index in [2.05, 4.69) is 16.5 Å². The third-order valence-electron chi connectivity index (χ3n) is 4.20. The van der Waals surface area contributed by atoms with Crippen LogP contribution in [0.5, 0.6) is 5.75 Å². The quantitative estimate of drug-likeness (QED) is 0.814. The van der Waals surface area contributed by atoms with Gasteiger partial charge in [-0.25, -0.2) is 13.1 Å². The van der Waals surface area contributed by atoms with Gasteiger partial charge in [-0.2, -0.15) is 0 Å². The van der Waals surface area contributed by atoms with E-state index in [0.29, 0.717) is 18.7 Å². The number of piperazine rings is 1. The Balaban J connectivity index is 2.28. The fourth-order valence-corrected chi connectivity index (χ4v) is 4.29. The van der Waals surface area contributed by atoms with Crippen LogP contribution in [-0.4, -0.2) is 70.0 Å². The van der Waals surface area contributed by atoms with E-state index in [1.165, 1.54) is 19.2 Å². The first-order chi connectivity index (χ1) is 11.8. The SMILES string of the molecule is CCN1CCN(C(=O)c2ccc(OC)c(S(=O)(=O)NC(C)C)c2)CC1. The lowest BCUT2D eigenvalue weighted by Crippen LogP contribution is -2.48. The Morgan fingerprint density at radius 3 is 2.40 bits per heavy atom. The van der Waals surface area contributed by atoms with Gasteiger partial charge in [-0.1, -0.05) is 6.92 Å². The fourth-order valence-electron chi connectivity index (χ4n) is 2.84. The number of benzene rings is 1. The zero-order valence-electron chi connectivity index (χ0n) is 15.3. The third-order valence-corrected chi connectivity index (χ3v) is 5.88. The predicted molar refractivity (Wildman–Crippen MR) is 96.5 cm³/mol. The van der Waals surface area contributed by atoms with E-state index in [1.54, 1.807) is 24.8 Å². The third kappa shape index (κ3) is 4.71. The summed E-state index contributed by atoms with van der Waals surface area (Å²) in [4.78, 5) is 16.8. The molecule has 0 aliphatic carbocycles. The maximum absolute atomic E-state index is 12.7. The molecule has 0 radical (unpaired) electrons. The molecule has 0 bridgehead atoms. The number of rotatable bonds is 6. The highest BCUT2D eigenvalue weighted by Crippen LogP contribution is 2.26. The molecule has 1 fully saturated rings. The number of carbonyl (C=O) groups is 1. The highest BCUT2D eigenvalue weighted by Gasteiger charge is 2.25. The van der Waals surface area contributed by atoms with Crippen molar-refractivity contribution in [2.24, 2.45) is 0 Å². The lowest BCUT2D eigenvalue weighted by molar-refractivity contribution is 0.0643. The number of amides is 1. The molecule has 1 N–H and O–H groups in total. The molecule has 1 heterocycles. The molecule has 1 aliphatic rings. The van der Waals surface area contributed by atoms with Gasteiger partial charge >= 0.3 is 0 Å². The molecule has 0 unspecified atom stereocenters. The van der Waals surface area contributed by atoms with Gasteiger partial charge in [-0.15, -0.1) is 0 Å². The molecule has 0 saturated carbocycles. The van der Waals surface area contributed by atoms with Gasteiger partial charge in [0.15, 0.2) is 0 Å². The summed E-state index contributed by atoms with van der Waals surface area (Å²) in [6.45, 7) is 9.50. The maximum atomic E-state index is 12.7. The van der Waals surface area contributed by atoms with Crippen LogP contribution < -0.4 is 9.46 Å². The van der Waals surface area contributed by atoms with Crippen LogP contribution in [0.2, 0.25) is 0 Å². The summed E-state index contributed by atoms with van der Waals surface area (Å²) < 4.78 is 32.8. The Bertz CT molecular complexity index is 711. The number of hydrogen-bond donors (Lipinski definition) is 1. The van der Waals surface area contributed by atoms with Crippen molar-refractivity contribution in [1.29, 1.82) is 0 Å². The van der Waals surface area contributed by atoms with Crippen LogP contribution in [0.25, 0.3) is 0 Å². The molecular weight excluding hydrogens is 342 g/mol. The number of nitrogens with one attached hydrogen (secondary N) is 1. The van der Waals surface area contributed by atoms with Gasteiger partial charge in [0.1, 0.15) is 10.6 Å². The van der Waals surface area contributed by atoms with Crippen molar-refractivity contribution < 1.29 is 17.9 Å². The van der Waals surface area contributed by atoms with E-state index >= 15 is 0 Å². The number of methoxy groups -OCH3 is 1. The molecule has 140 valence electrons. The van der Waals surface area contributed by atoms with E-state index in [1.807, 2.05) is 0 Å². The minimum absolute atomic E-state index is 0.0123. The van der Waals surface area contributed by atoms with Crippen molar-refractivity contribution in [3.63, 3.8) is 0 Å². The van der Waals surface area contributed by atoms with Crippen molar-refractivity contribution in [3.8, 4) is 5.75 Å². The molecule has 1 aliphatic heterocycles. The van der Waals surface area contributed by atoms with Gasteiger partial charge in [0.25, 0.3) is 5.91 Å². The Morgan fingerprint density at radius 1 is 1.24 bits per heavy atom. The normalized spacial score (nSPS) is 16.3. The van der Waals surface area contributed by atoms with E-state index in [-0.39, 0.29) is 22.6 Å². The van der Waals surface area contributed by atoms with Crippen molar-refractivity contribution in [2.75, 3.05) is 39.8 Å². The van der Waals surface area contributed by atoms with Gasteiger partial charge in [0, 0.05) is 37.8 Å². The van der Waals surface area contributed by atoms with Crippen molar-refractivity contribution in [2.45, 2.75) is 31.7 Å². The van der Waals surface area contributed by atoms with E-state index in [9.17, 15) is 13.2 Å². The number of carbonyl (C=O) groups excluding carboxylic acids is 1. The largest absolute Gasteiger partial charge is 0.495 e. The first-order valence-corrected chi connectivity index (χ1v) is 9.98. The maximum Gasteiger partial charge on any atom is 0.253 e. The molecule has 0 aromatic heterocycles. The zero-order valence-corrected chi connectivity index (χ0v) is 16.1. The predicted octanol–water partition coefficient (Wildman–Crippen LogP) is 1.16. The molecule has 8 heteroatoms. The molecule has 1 aromatic carbocycles. The van der Waals surface area contributed by atoms with Crippen LogP contribution in [0, 0.1) is 0 Å². The Hall–Kier alpha value is -1.64. The second-order valence-corrected chi connectivity index (χ2v) is 8.05. The minimum Gasteiger partial charge on any atom is -0.495 e. The zero-order chi connectivity index (χ0) is 18.6. The van der Waals surface area contributed by atoms with Crippen LogP contribution in [0.1, 0.15) is 31.1 Å². The molecule has 2 rings (SSSR count). The smallest absolute Gasteiger partial charge is 0.253 e. The van der Waals surface area contributed by atoms with E-state index < -0.39 is 10.0 Å². The summed E-state index contributed by atoms with van der Waals surface area (Å²) in [5.41, 5.74) is 0.356. The summed E-state index contributed by atoms with van der Waals surface area (Å²) in [7, 11) is -2.34. The average molecular weight is 369 g/mol. The number of ether oxygens (including phenoxy) is 1. The topological polar surface area (TPSA) is 79.0 Å². The van der Waals surface area contributed by atoms with Crippen molar-refractivity contribution >= 4 is 15.9 Å². The molecule has 0 spiro atoms. The molecule has 7 nitrogen and oxygen atoms in total. The Morgan fingerprint density at radius 2 is 1.88 bits per heavy atom. The van der Waals surface area contributed by atoms with Crippen LogP contribution >= 0.6 is 0 Å². The molecular formula is C17H27N3O4S. The monoisotopic (exact) mass is 369 g/mol. The minimum atomic E-state index is -3.76. The van der Waals surface area contributed by atoms with E-state index in [0.717, 1.165) is 19.6 Å². The van der Waals surface area contributed by atoms with Crippen LogP contribution in [-0.2, 0) is 10.0 Å². The van der Waals surface area contributed by atoms with Crippen LogP contribution in [0.15, 0.2) is 23.1 Å². The average Bonchev–Trinajstić information content (AvgIpc) is 2.59. The van der Waals surface area contributed by atoms with Gasteiger partial charge in [-0.3, -0.25) is 4.79 Å². The summed E-state index contributed by atoms with van der Waals surface area (Å²) in [5, 5.41) is 0. The van der Waals surface area contributed by atoms with Crippen LogP contribution in [0.3, 0.4) is 0 Å². The molecule has 0 atom stereocenters. The first kappa shape index (κ1) is 19.7. The second kappa shape index (κ2) is 8.16. The van der Waals surface area contributed by atoms with E-state index in [4.69, 9.17) is 4.74 Å². The van der Waals surface area contributed by atoms with Crippen molar-refractivity contribution in [1.82, 2.24) is 14.5 Å². The van der Waals surface area contributed by atoms with Gasteiger partial charge < -0.3 is 14.5 Å². The Labute approximate surface area is 150 Å². The molecule has 25 heavy (non-hydrogen) atoms. The lowest BCUT2D eigenvalue weighted by Gasteiger charge is -2.34. The number of sulfonamides is 1. The first-order valence-electron chi connectivity index (χ1n) is 8.50. The van der Waals surface area contributed by atoms with Gasteiger partial charge in [0.2, 0.25) is 10.0 Å². The summed E-state index contributed by atoms with van der Waals surface area (Å²) in [6, 6.07) is 4.29. The fraction of sp³-hybridized carbons (Fsp3) is 0.588. The highest BCUT2D eigenvalue weighted by molar-refractivity contribution is 7.89. The van der Waals surface area contributed by atoms with Crippen molar-refractivity contribution in [3.05, 3.63) is 23.8 Å². The van der Waals surface area contributed by atoms with Gasteiger partial charge in [-0.05, 0) is 38.6 Å². The summed E-state index contributed by atoms with van der Waals surface area (Å²) in [5.74, 6) is 0.0694. The molecule has 1 amide bonds. The highest BCUT2D eigenvalue weighted by atomic mass is 32.2. The lowest BCUT2D eigenvalue weighted by atomic mass is 10.1. The molecule has 1 aromatic rings. The summed E-state index contributed by atoms with van der Waals surface area (Å²) in [6.07, 6.45) is 0. The molecule has 1 saturated heterocycles. The van der Waals surface area contributed by atoms with Gasteiger partial charge in [0.05, 0.1) is 7.11 Å². The number of nitrogens with zero attached hydrogens (tertiary/aromatic N) is 2. The number of likely N-dealkylation sites (N-methyl/N-ethyl adjacent to an activating group) is 1.